The highest BCUT2D eigenvalue weighted by Crippen LogP contribution is 2.47. The summed E-state index contributed by atoms with van der Waals surface area (Å²) in [4.78, 5) is 28.5. The van der Waals surface area contributed by atoms with E-state index in [0.717, 1.165) is 0 Å². The van der Waals surface area contributed by atoms with Crippen molar-refractivity contribution in [1.29, 1.82) is 0 Å². The Morgan fingerprint density at radius 3 is 2.25 bits per heavy atom. The molecular weight excluding hydrogens is 598 g/mol. The molecule has 0 spiro atoms. The molecule has 236 valence electrons. The molecule has 15 heteroatoms. The van der Waals surface area contributed by atoms with Gasteiger partial charge in [0.1, 0.15) is 5.69 Å². The summed E-state index contributed by atoms with van der Waals surface area (Å²) in [6.45, 7) is 9.07. The molecular formula is C29H28F6N4O5. The molecule has 3 rings (SSSR count). The number of alkyl halides is 6. The summed E-state index contributed by atoms with van der Waals surface area (Å²) in [5, 5.41) is 18.1. The number of carboxylic acid groups (broad SMARTS) is 1. The first-order chi connectivity index (χ1) is 20.5. The van der Waals surface area contributed by atoms with Crippen LogP contribution in [0.4, 0.5) is 36.8 Å². The van der Waals surface area contributed by atoms with E-state index in [1.165, 1.54) is 38.1 Å². The lowest BCUT2D eigenvalue weighted by Gasteiger charge is -2.32. The third-order valence-electron chi connectivity index (χ3n) is 6.51. The molecule has 0 bridgehead atoms. The van der Waals surface area contributed by atoms with E-state index in [1.807, 2.05) is 0 Å². The van der Waals surface area contributed by atoms with Crippen LogP contribution in [-0.2, 0) is 23.1 Å². The van der Waals surface area contributed by atoms with Gasteiger partial charge in [0.05, 0.1) is 17.9 Å². The zero-order valence-corrected chi connectivity index (χ0v) is 23.6. The quantitative estimate of drug-likeness (QED) is 0.111. The zero-order chi connectivity index (χ0) is 32.9. The van der Waals surface area contributed by atoms with Crippen molar-refractivity contribution in [2.75, 3.05) is 5.32 Å². The minimum atomic E-state index is -5.18. The maximum absolute atomic E-state index is 14.7. The van der Waals surface area contributed by atoms with Crippen molar-refractivity contribution in [3.63, 3.8) is 0 Å². The smallest absolute Gasteiger partial charge is 0.426 e. The molecule has 3 aromatic rings. The molecule has 1 amide bonds. The Balaban J connectivity index is 2.27. The third-order valence-corrected chi connectivity index (χ3v) is 6.51. The average molecular weight is 627 g/mol. The second-order valence-electron chi connectivity index (χ2n) is 10.3. The minimum absolute atomic E-state index is 0.0594. The Labute approximate surface area is 247 Å². The number of aromatic nitrogens is 3. The fraction of sp³-hybridized carbons (Fsp3) is 0.345. The Morgan fingerprint density at radius 1 is 1.05 bits per heavy atom. The number of benzene rings is 1. The first-order valence-corrected chi connectivity index (χ1v) is 12.9. The van der Waals surface area contributed by atoms with Crippen LogP contribution in [0.15, 0.2) is 66.1 Å². The van der Waals surface area contributed by atoms with Crippen LogP contribution in [0.2, 0.25) is 0 Å². The van der Waals surface area contributed by atoms with Crippen molar-refractivity contribution in [2.24, 2.45) is 5.41 Å². The maximum atomic E-state index is 14.7. The van der Waals surface area contributed by atoms with Gasteiger partial charge in [-0.1, -0.05) is 56.3 Å². The van der Waals surface area contributed by atoms with Gasteiger partial charge in [-0.3, -0.25) is 10.1 Å². The SMILES string of the molecule is C=CCCC(OCc1ccccc1)(c1nnc(-c2nc(C(=O)C(C)(C)CC=C)c(C(F)(F)F)cc2NC(=O)O)o1)C(F)(F)F. The van der Waals surface area contributed by atoms with Crippen LogP contribution >= 0.6 is 0 Å². The lowest BCUT2D eigenvalue weighted by atomic mass is 9.81. The van der Waals surface area contributed by atoms with Gasteiger partial charge in [0, 0.05) is 5.41 Å². The number of Topliss-reactive ketones (excluding diaryl/α,β-unsaturated/α-hetero) is 1. The predicted molar refractivity (Wildman–Crippen MR) is 145 cm³/mol. The number of rotatable bonds is 13. The molecule has 0 aliphatic rings. The van der Waals surface area contributed by atoms with Gasteiger partial charge in [0.15, 0.2) is 11.5 Å². The standard InChI is InChI=1S/C29H28F6N4O5/c1-5-7-14-27(29(33,34)35,43-16-17-11-9-8-10-12-17)24-39-38-23(44-24)21-19(36-25(41)42)15-18(28(30,31)32)20(37-21)22(40)26(3,4)13-6-2/h5-6,8-12,15,36H,1-2,7,13-14,16H2,3-4H3,(H,41,42). The molecule has 1 atom stereocenters. The van der Waals surface area contributed by atoms with Crippen molar-refractivity contribution in [1.82, 2.24) is 15.2 Å². The van der Waals surface area contributed by atoms with Crippen LogP contribution in [0.25, 0.3) is 11.6 Å². The summed E-state index contributed by atoms with van der Waals surface area (Å²) < 4.78 is 97.2. The lowest BCUT2D eigenvalue weighted by Crippen LogP contribution is -2.45. The molecule has 2 N–H and O–H groups in total. The largest absolute Gasteiger partial charge is 0.465 e. The molecule has 9 nitrogen and oxygen atoms in total. The number of nitrogens with zero attached hydrogens (tertiary/aromatic N) is 3. The van der Waals surface area contributed by atoms with E-state index in [-0.39, 0.29) is 18.9 Å². The Bertz CT molecular complexity index is 1520. The molecule has 0 aliphatic heterocycles. The minimum Gasteiger partial charge on any atom is -0.465 e. The van der Waals surface area contributed by atoms with E-state index >= 15 is 0 Å². The number of allylic oxidation sites excluding steroid dienone is 2. The number of anilines is 1. The highest BCUT2D eigenvalue weighted by Gasteiger charge is 2.61. The number of ketones is 1. The normalized spacial score (nSPS) is 13.6. The molecule has 2 heterocycles. The maximum Gasteiger partial charge on any atom is 0.426 e. The summed E-state index contributed by atoms with van der Waals surface area (Å²) >= 11 is 0. The van der Waals surface area contributed by atoms with E-state index in [9.17, 15) is 41.0 Å². The summed E-state index contributed by atoms with van der Waals surface area (Å²) in [6, 6.07) is 8.17. The van der Waals surface area contributed by atoms with Gasteiger partial charge >= 0.3 is 18.4 Å². The van der Waals surface area contributed by atoms with Gasteiger partial charge < -0.3 is 14.3 Å². The van der Waals surface area contributed by atoms with E-state index in [1.54, 1.807) is 23.5 Å². The molecule has 0 saturated heterocycles. The highest BCUT2D eigenvalue weighted by atomic mass is 19.4. The zero-order valence-electron chi connectivity index (χ0n) is 23.6. The Hall–Kier alpha value is -4.53. The molecule has 1 unspecified atom stereocenters. The number of pyridine rings is 1. The average Bonchev–Trinajstić information content (AvgIpc) is 3.42. The fourth-order valence-electron chi connectivity index (χ4n) is 4.20. The number of carbonyl (C=O) groups excluding carboxylic acids is 1. The second-order valence-corrected chi connectivity index (χ2v) is 10.3. The summed E-state index contributed by atoms with van der Waals surface area (Å²) in [6.07, 6.45) is -10.7. The van der Waals surface area contributed by atoms with Crippen molar-refractivity contribution in [2.45, 2.75) is 57.7 Å². The van der Waals surface area contributed by atoms with Crippen molar-refractivity contribution >= 4 is 17.6 Å². The van der Waals surface area contributed by atoms with Crippen LogP contribution in [0.3, 0.4) is 0 Å². The molecule has 0 aliphatic carbocycles. The van der Waals surface area contributed by atoms with Crippen LogP contribution < -0.4 is 5.32 Å². The van der Waals surface area contributed by atoms with E-state index in [2.05, 4.69) is 28.3 Å². The Kier molecular flexibility index (Phi) is 10.0. The summed E-state index contributed by atoms with van der Waals surface area (Å²) in [5.41, 5.74) is -8.68. The van der Waals surface area contributed by atoms with Crippen LogP contribution in [0.1, 0.15) is 60.6 Å². The first-order valence-electron chi connectivity index (χ1n) is 12.9. The molecule has 1 aromatic carbocycles. The number of ether oxygens (including phenoxy) is 1. The number of halogens is 6. The number of carbonyl (C=O) groups is 2. The number of amides is 1. The van der Waals surface area contributed by atoms with Crippen LogP contribution in [0.5, 0.6) is 0 Å². The van der Waals surface area contributed by atoms with Crippen molar-refractivity contribution in [3.05, 3.63) is 84.4 Å². The highest BCUT2D eigenvalue weighted by molar-refractivity contribution is 6.01. The monoisotopic (exact) mass is 626 g/mol. The first kappa shape index (κ1) is 34.0. The van der Waals surface area contributed by atoms with Gasteiger partial charge in [0.25, 0.3) is 11.8 Å². The van der Waals surface area contributed by atoms with Crippen LogP contribution in [-0.4, -0.2) is 38.3 Å². The fourth-order valence-corrected chi connectivity index (χ4v) is 4.20. The number of hydrogen-bond donors (Lipinski definition) is 2. The molecule has 0 saturated carbocycles. The van der Waals surface area contributed by atoms with E-state index in [4.69, 9.17) is 9.15 Å². The molecule has 0 radical (unpaired) electrons. The molecule has 2 aromatic heterocycles. The predicted octanol–water partition coefficient (Wildman–Crippen LogP) is 7.97. The van der Waals surface area contributed by atoms with Crippen molar-refractivity contribution < 1.29 is 50.2 Å². The molecule has 0 fully saturated rings. The second kappa shape index (κ2) is 13.0. The number of hydrogen-bond acceptors (Lipinski definition) is 7. The van der Waals surface area contributed by atoms with E-state index in [0.29, 0.717) is 5.56 Å². The van der Waals surface area contributed by atoms with E-state index < -0.39 is 82.7 Å². The lowest BCUT2D eigenvalue weighted by molar-refractivity contribution is -0.299. The van der Waals surface area contributed by atoms with Crippen LogP contribution in [0, 0.1) is 5.41 Å². The van der Waals surface area contributed by atoms with Gasteiger partial charge in [0.2, 0.25) is 5.60 Å². The molecule has 44 heavy (non-hydrogen) atoms. The van der Waals surface area contributed by atoms with Crippen molar-refractivity contribution in [3.8, 4) is 11.6 Å². The Morgan fingerprint density at radius 2 is 1.70 bits per heavy atom. The van der Waals surface area contributed by atoms with Gasteiger partial charge in [-0.15, -0.1) is 23.4 Å². The summed E-state index contributed by atoms with van der Waals surface area (Å²) in [7, 11) is 0. The third kappa shape index (κ3) is 7.33. The number of nitrogens with one attached hydrogen (secondary N) is 1. The summed E-state index contributed by atoms with van der Waals surface area (Å²) in [5.74, 6) is -3.13. The van der Waals surface area contributed by atoms with Gasteiger partial charge in [-0.25, -0.2) is 9.78 Å². The van der Waals surface area contributed by atoms with Gasteiger partial charge in [-0.2, -0.15) is 26.3 Å². The van der Waals surface area contributed by atoms with Gasteiger partial charge in [-0.05, 0) is 30.9 Å². The topological polar surface area (TPSA) is 127 Å².